The largest absolute Gasteiger partial charge is 0.298 e. The van der Waals surface area contributed by atoms with E-state index >= 15 is 0 Å². The molecule has 1 fully saturated rings. The molecule has 1 amide bonds. The third kappa shape index (κ3) is 1.63. The summed E-state index contributed by atoms with van der Waals surface area (Å²) in [6.07, 6.45) is 0. The van der Waals surface area contributed by atoms with Crippen molar-refractivity contribution in [1.82, 2.24) is 4.90 Å². The van der Waals surface area contributed by atoms with E-state index in [-0.39, 0.29) is 5.91 Å². The number of benzene rings is 1. The Morgan fingerprint density at radius 3 is 2.36 bits per heavy atom. The molecule has 0 spiro atoms. The molecule has 0 N–H and O–H groups in total. The van der Waals surface area contributed by atoms with Gasteiger partial charge in [-0.3, -0.25) is 14.6 Å². The molecule has 3 heteroatoms. The first kappa shape index (κ1) is 9.21. The molecular weight excluding hydrogens is 176 g/mol. The monoisotopic (exact) mass is 190 g/mol. The van der Waals surface area contributed by atoms with Gasteiger partial charge in [0.05, 0.1) is 13.2 Å². The first-order valence-corrected chi connectivity index (χ1v) is 4.72. The number of carbonyl (C=O) groups excluding carboxylic acids is 1. The minimum atomic E-state index is 0.177. The van der Waals surface area contributed by atoms with Crippen molar-refractivity contribution in [2.45, 2.75) is 6.92 Å². The number of anilines is 1. The molecule has 1 saturated heterocycles. The highest BCUT2D eigenvalue weighted by molar-refractivity contribution is 5.96. The van der Waals surface area contributed by atoms with E-state index < -0.39 is 0 Å². The van der Waals surface area contributed by atoms with Crippen LogP contribution in [0.4, 0.5) is 5.69 Å². The second kappa shape index (κ2) is 3.42. The Morgan fingerprint density at radius 1 is 1.21 bits per heavy atom. The van der Waals surface area contributed by atoms with Crippen LogP contribution < -0.4 is 4.90 Å². The van der Waals surface area contributed by atoms with Crippen LogP contribution in [-0.4, -0.2) is 31.1 Å². The molecule has 1 aliphatic heterocycles. The zero-order chi connectivity index (χ0) is 10.1. The SMILES string of the molecule is Cc1ccc(N2CN(C)CC2=O)cc1. The van der Waals surface area contributed by atoms with Crippen LogP contribution >= 0.6 is 0 Å². The Labute approximate surface area is 83.9 Å². The van der Waals surface area contributed by atoms with E-state index in [0.29, 0.717) is 13.2 Å². The van der Waals surface area contributed by atoms with E-state index in [2.05, 4.69) is 0 Å². The summed E-state index contributed by atoms with van der Waals surface area (Å²) in [5.41, 5.74) is 2.21. The van der Waals surface area contributed by atoms with Gasteiger partial charge in [-0.25, -0.2) is 0 Å². The van der Waals surface area contributed by atoms with E-state index in [1.165, 1.54) is 5.56 Å². The van der Waals surface area contributed by atoms with Gasteiger partial charge in [-0.05, 0) is 26.1 Å². The summed E-state index contributed by atoms with van der Waals surface area (Å²) >= 11 is 0. The molecule has 1 aliphatic rings. The quantitative estimate of drug-likeness (QED) is 0.665. The molecule has 1 heterocycles. The number of amides is 1. The minimum absolute atomic E-state index is 0.177. The summed E-state index contributed by atoms with van der Waals surface area (Å²) < 4.78 is 0. The van der Waals surface area contributed by atoms with Gasteiger partial charge in [-0.15, -0.1) is 0 Å². The van der Waals surface area contributed by atoms with E-state index in [9.17, 15) is 4.79 Å². The van der Waals surface area contributed by atoms with Gasteiger partial charge in [0.1, 0.15) is 0 Å². The van der Waals surface area contributed by atoms with Gasteiger partial charge < -0.3 is 0 Å². The fourth-order valence-electron chi connectivity index (χ4n) is 1.64. The molecular formula is C11H14N2O. The average molecular weight is 190 g/mol. The van der Waals surface area contributed by atoms with Crippen LogP contribution in [0, 0.1) is 6.92 Å². The number of hydrogen-bond donors (Lipinski definition) is 0. The Balaban J connectivity index is 2.23. The van der Waals surface area contributed by atoms with Crippen molar-refractivity contribution < 1.29 is 4.79 Å². The van der Waals surface area contributed by atoms with Crippen molar-refractivity contribution in [2.75, 3.05) is 25.2 Å². The third-order valence-corrected chi connectivity index (χ3v) is 2.43. The molecule has 1 aromatic carbocycles. The lowest BCUT2D eigenvalue weighted by atomic mass is 10.2. The van der Waals surface area contributed by atoms with Crippen LogP contribution in [0.3, 0.4) is 0 Å². The van der Waals surface area contributed by atoms with Gasteiger partial charge in [0.25, 0.3) is 0 Å². The highest BCUT2D eigenvalue weighted by Gasteiger charge is 2.25. The molecule has 3 nitrogen and oxygen atoms in total. The molecule has 0 atom stereocenters. The van der Waals surface area contributed by atoms with Gasteiger partial charge in [-0.1, -0.05) is 17.7 Å². The van der Waals surface area contributed by atoms with E-state index in [0.717, 1.165) is 5.69 Å². The van der Waals surface area contributed by atoms with Crippen molar-refractivity contribution in [3.8, 4) is 0 Å². The number of aryl methyl sites for hydroxylation is 1. The maximum Gasteiger partial charge on any atom is 0.242 e. The highest BCUT2D eigenvalue weighted by Crippen LogP contribution is 2.18. The maximum atomic E-state index is 11.6. The standard InChI is InChI=1S/C11H14N2O/c1-9-3-5-10(6-4-9)13-8-12(2)7-11(13)14/h3-6H,7-8H2,1-2H3. The topological polar surface area (TPSA) is 23.6 Å². The first-order chi connectivity index (χ1) is 6.66. The number of hydrogen-bond acceptors (Lipinski definition) is 2. The van der Waals surface area contributed by atoms with Crippen LogP contribution in [0.25, 0.3) is 0 Å². The Hall–Kier alpha value is -1.35. The number of likely N-dealkylation sites (N-methyl/N-ethyl adjacent to an activating group) is 1. The van der Waals surface area contributed by atoms with Crippen LogP contribution in [0.15, 0.2) is 24.3 Å². The molecule has 0 aliphatic carbocycles. The molecule has 74 valence electrons. The molecule has 0 unspecified atom stereocenters. The molecule has 1 aromatic rings. The average Bonchev–Trinajstić information content (AvgIpc) is 2.47. The summed E-state index contributed by atoms with van der Waals surface area (Å²) in [4.78, 5) is 15.4. The zero-order valence-electron chi connectivity index (χ0n) is 8.53. The van der Waals surface area contributed by atoms with Gasteiger partial charge in [0, 0.05) is 5.69 Å². The van der Waals surface area contributed by atoms with Gasteiger partial charge in [0.15, 0.2) is 0 Å². The molecule has 2 rings (SSSR count). The highest BCUT2D eigenvalue weighted by atomic mass is 16.2. The Kier molecular flexibility index (Phi) is 2.25. The fourth-order valence-corrected chi connectivity index (χ4v) is 1.64. The second-order valence-corrected chi connectivity index (χ2v) is 3.81. The van der Waals surface area contributed by atoms with Gasteiger partial charge in [0.2, 0.25) is 5.91 Å². The van der Waals surface area contributed by atoms with Crippen molar-refractivity contribution in [1.29, 1.82) is 0 Å². The summed E-state index contributed by atoms with van der Waals surface area (Å²) in [6.45, 7) is 3.26. The van der Waals surface area contributed by atoms with Crippen molar-refractivity contribution in [3.63, 3.8) is 0 Å². The van der Waals surface area contributed by atoms with E-state index in [1.54, 1.807) is 4.90 Å². The lowest BCUT2D eigenvalue weighted by molar-refractivity contribution is -0.116. The molecule has 0 saturated carbocycles. The smallest absolute Gasteiger partial charge is 0.242 e. The molecule has 0 aromatic heterocycles. The zero-order valence-corrected chi connectivity index (χ0v) is 8.53. The normalized spacial score (nSPS) is 17.9. The summed E-state index contributed by atoms with van der Waals surface area (Å²) in [5, 5.41) is 0. The molecule has 0 radical (unpaired) electrons. The van der Waals surface area contributed by atoms with E-state index in [4.69, 9.17) is 0 Å². The summed E-state index contributed by atoms with van der Waals surface area (Å²) in [5.74, 6) is 0.177. The number of nitrogens with zero attached hydrogens (tertiary/aromatic N) is 2. The summed E-state index contributed by atoms with van der Waals surface area (Å²) in [6, 6.07) is 8.04. The maximum absolute atomic E-state index is 11.6. The minimum Gasteiger partial charge on any atom is -0.298 e. The Morgan fingerprint density at radius 2 is 1.86 bits per heavy atom. The second-order valence-electron chi connectivity index (χ2n) is 3.81. The van der Waals surface area contributed by atoms with Gasteiger partial charge >= 0.3 is 0 Å². The third-order valence-electron chi connectivity index (χ3n) is 2.43. The fraction of sp³-hybridized carbons (Fsp3) is 0.364. The predicted octanol–water partition coefficient (Wildman–Crippen LogP) is 1.23. The van der Waals surface area contributed by atoms with Crippen LogP contribution in [0.1, 0.15) is 5.56 Å². The number of rotatable bonds is 1. The lowest BCUT2D eigenvalue weighted by Crippen LogP contribution is -2.25. The van der Waals surface area contributed by atoms with Crippen LogP contribution in [-0.2, 0) is 4.79 Å². The van der Waals surface area contributed by atoms with Crippen LogP contribution in [0.2, 0.25) is 0 Å². The van der Waals surface area contributed by atoms with Crippen molar-refractivity contribution >= 4 is 11.6 Å². The van der Waals surface area contributed by atoms with Gasteiger partial charge in [-0.2, -0.15) is 0 Å². The van der Waals surface area contributed by atoms with E-state index in [1.807, 2.05) is 43.1 Å². The van der Waals surface area contributed by atoms with Crippen LogP contribution in [0.5, 0.6) is 0 Å². The summed E-state index contributed by atoms with van der Waals surface area (Å²) in [7, 11) is 1.95. The van der Waals surface area contributed by atoms with Crippen molar-refractivity contribution in [2.24, 2.45) is 0 Å². The predicted molar refractivity (Wildman–Crippen MR) is 56.2 cm³/mol. The Bertz CT molecular complexity index is 345. The molecule has 0 bridgehead atoms. The van der Waals surface area contributed by atoms with Crippen molar-refractivity contribution in [3.05, 3.63) is 29.8 Å². The number of carbonyl (C=O) groups is 1. The first-order valence-electron chi connectivity index (χ1n) is 4.72. The molecule has 14 heavy (non-hydrogen) atoms. The lowest BCUT2D eigenvalue weighted by Gasteiger charge is -2.15.